The number of aromatic nitrogens is 4. The lowest BCUT2D eigenvalue weighted by atomic mass is 9.87. The number of anilines is 2. The number of fused-ring (bicyclic) bond motifs is 2. The molecule has 3 saturated heterocycles. The smallest absolute Gasteiger partial charge is 0.328 e. The number of aliphatic hydroxyl groups excluding tert-OH is 1. The maximum Gasteiger partial charge on any atom is 0.328 e. The minimum atomic E-state index is -1.26. The summed E-state index contributed by atoms with van der Waals surface area (Å²) in [6.45, 7) is 2.18. The van der Waals surface area contributed by atoms with Gasteiger partial charge in [0.05, 0.1) is 36.1 Å². The number of hydrogen-bond donors (Lipinski definition) is 3. The van der Waals surface area contributed by atoms with Gasteiger partial charge in [-0.05, 0) is 73.2 Å². The van der Waals surface area contributed by atoms with Crippen molar-refractivity contribution in [3.8, 4) is 11.1 Å². The third kappa shape index (κ3) is 7.21. The lowest BCUT2D eigenvalue weighted by Crippen LogP contribution is -2.55. The summed E-state index contributed by atoms with van der Waals surface area (Å²) < 4.78 is 15.0. The number of aryl methyl sites for hydroxylation is 1. The van der Waals surface area contributed by atoms with Crippen LogP contribution in [-0.2, 0) is 26.9 Å². The van der Waals surface area contributed by atoms with E-state index in [0.717, 1.165) is 40.3 Å². The van der Waals surface area contributed by atoms with Crippen LogP contribution in [0.2, 0.25) is 0 Å². The largest absolute Gasteiger partial charge is 0.393 e. The first-order chi connectivity index (χ1) is 29.7. The highest BCUT2D eigenvalue weighted by Gasteiger charge is 2.44. The van der Waals surface area contributed by atoms with E-state index in [-0.39, 0.29) is 55.3 Å². The van der Waals surface area contributed by atoms with Gasteiger partial charge in [0.15, 0.2) is 5.60 Å². The van der Waals surface area contributed by atoms with Gasteiger partial charge in [0.2, 0.25) is 11.9 Å². The van der Waals surface area contributed by atoms with Crippen LogP contribution in [0.5, 0.6) is 0 Å². The standard InChI is InChI=1S/C46H46N8O7/c1-51-26-37(35-14-18-47-40(35)43(51)58)28-10-13-38-36(23-28)41(46(27-55,61-33-11-12-33)30-7-3-2-4-8-30)50-44(48-38)53-24-34(25-53)60-32-15-19-52(20-16-32)42(57)29-6-5-9-31(22-29)54-21-17-39(56)49-45(54)59/h2-10,13-14,18,22-23,26,32-34,47,55H,11-12,15-17,19-21,24-25,27H2,1H3,(H,49,56,59)/t46-/m0/s1. The molecule has 4 fully saturated rings. The highest BCUT2D eigenvalue weighted by atomic mass is 16.5. The highest BCUT2D eigenvalue weighted by Crippen LogP contribution is 2.43. The predicted molar refractivity (Wildman–Crippen MR) is 228 cm³/mol. The van der Waals surface area contributed by atoms with Crippen molar-refractivity contribution in [3.63, 3.8) is 0 Å². The monoisotopic (exact) mass is 822 g/mol. The Morgan fingerprint density at radius 1 is 0.869 bits per heavy atom. The molecule has 0 spiro atoms. The number of carbonyl (C=O) groups is 3. The second-order valence-corrected chi connectivity index (χ2v) is 16.5. The van der Waals surface area contributed by atoms with Crippen molar-refractivity contribution in [2.75, 3.05) is 49.1 Å². The first-order valence-corrected chi connectivity index (χ1v) is 20.9. The van der Waals surface area contributed by atoms with Crippen LogP contribution in [0.4, 0.5) is 16.4 Å². The molecule has 1 atom stereocenters. The van der Waals surface area contributed by atoms with Crippen LogP contribution in [-0.4, -0.2) is 105 Å². The van der Waals surface area contributed by atoms with Gasteiger partial charge in [-0.3, -0.25) is 24.6 Å². The Kier molecular flexibility index (Phi) is 9.89. The summed E-state index contributed by atoms with van der Waals surface area (Å²) in [6, 6.07) is 24.2. The van der Waals surface area contributed by atoms with E-state index < -0.39 is 11.6 Å². The zero-order valence-corrected chi connectivity index (χ0v) is 33.8. The van der Waals surface area contributed by atoms with E-state index in [4.69, 9.17) is 19.4 Å². The molecule has 10 rings (SSSR count). The van der Waals surface area contributed by atoms with Gasteiger partial charge < -0.3 is 33.9 Å². The van der Waals surface area contributed by atoms with E-state index in [0.29, 0.717) is 72.9 Å². The van der Waals surface area contributed by atoms with Gasteiger partial charge >= 0.3 is 6.03 Å². The Morgan fingerprint density at radius 3 is 2.43 bits per heavy atom. The van der Waals surface area contributed by atoms with Crippen LogP contribution in [0, 0.1) is 0 Å². The molecule has 0 bridgehead atoms. The fourth-order valence-electron chi connectivity index (χ4n) is 8.83. The Morgan fingerprint density at radius 2 is 1.67 bits per heavy atom. The molecular weight excluding hydrogens is 777 g/mol. The average Bonchev–Trinajstić information content (AvgIpc) is 3.95. The van der Waals surface area contributed by atoms with Crippen LogP contribution in [0.25, 0.3) is 32.9 Å². The normalized spacial score (nSPS) is 18.7. The number of aromatic amines is 1. The van der Waals surface area contributed by atoms with Gasteiger partial charge in [-0.1, -0.05) is 42.5 Å². The van der Waals surface area contributed by atoms with Crippen molar-refractivity contribution < 1.29 is 29.0 Å². The molecule has 0 radical (unpaired) electrons. The second kappa shape index (κ2) is 15.6. The van der Waals surface area contributed by atoms with Crippen LogP contribution < -0.4 is 20.7 Å². The molecule has 0 unspecified atom stereocenters. The van der Waals surface area contributed by atoms with E-state index in [2.05, 4.69) is 15.2 Å². The fraction of sp³-hybridized carbons (Fsp3) is 0.348. The number of carbonyl (C=O) groups excluding carboxylic acids is 3. The molecule has 15 nitrogen and oxygen atoms in total. The number of amides is 4. The molecule has 1 saturated carbocycles. The zero-order valence-electron chi connectivity index (χ0n) is 33.8. The number of nitrogens with zero attached hydrogens (tertiary/aromatic N) is 6. The summed E-state index contributed by atoms with van der Waals surface area (Å²) in [6.07, 6.45) is 6.92. The summed E-state index contributed by atoms with van der Waals surface area (Å²) >= 11 is 0. The van der Waals surface area contributed by atoms with Crippen LogP contribution in [0.3, 0.4) is 0 Å². The van der Waals surface area contributed by atoms with E-state index in [1.165, 1.54) is 4.90 Å². The number of aliphatic hydroxyl groups is 1. The Hall–Kier alpha value is -6.42. The van der Waals surface area contributed by atoms with Gasteiger partial charge in [-0.25, -0.2) is 14.8 Å². The van der Waals surface area contributed by atoms with Gasteiger partial charge in [-0.2, -0.15) is 0 Å². The summed E-state index contributed by atoms with van der Waals surface area (Å²) in [7, 11) is 1.74. The van der Waals surface area contributed by atoms with Crippen LogP contribution >= 0.6 is 0 Å². The molecule has 3 aromatic carbocycles. The fourth-order valence-corrected chi connectivity index (χ4v) is 8.83. The molecule has 3 N–H and O–H groups in total. The summed E-state index contributed by atoms with van der Waals surface area (Å²) in [5.41, 5.74) is 4.05. The molecule has 6 aromatic rings. The maximum absolute atomic E-state index is 13.5. The number of H-pyrrole nitrogens is 1. The van der Waals surface area contributed by atoms with Crippen molar-refractivity contribution in [2.24, 2.45) is 7.05 Å². The maximum atomic E-state index is 13.5. The second-order valence-electron chi connectivity index (χ2n) is 16.5. The summed E-state index contributed by atoms with van der Waals surface area (Å²) in [4.78, 5) is 69.3. The first kappa shape index (κ1) is 38.8. The minimum Gasteiger partial charge on any atom is -0.393 e. The zero-order chi connectivity index (χ0) is 41.8. The topological polar surface area (TPSA) is 175 Å². The number of ether oxygens (including phenoxy) is 2. The SMILES string of the molecule is Cn1cc(-c2ccc3nc(N4CC(OC5CCN(C(=O)c6cccc(N7CCC(=O)NC7=O)c6)CC5)C4)nc([C@@](CO)(OC4CC4)c4ccccc4)c3c2)c2cc[nH]c2c1=O. The van der Waals surface area contributed by atoms with E-state index in [9.17, 15) is 24.3 Å². The number of pyridine rings is 1. The van der Waals surface area contributed by atoms with E-state index >= 15 is 0 Å². The van der Waals surface area contributed by atoms with E-state index in [1.54, 1.807) is 42.1 Å². The number of benzene rings is 3. The van der Waals surface area contributed by atoms with Crippen molar-refractivity contribution >= 4 is 51.3 Å². The molecule has 61 heavy (non-hydrogen) atoms. The number of imide groups is 1. The Labute approximate surface area is 350 Å². The molecule has 3 aliphatic heterocycles. The molecule has 1 aliphatic carbocycles. The third-order valence-corrected chi connectivity index (χ3v) is 12.3. The number of hydrogen-bond acceptors (Lipinski definition) is 10. The summed E-state index contributed by atoms with van der Waals surface area (Å²) in [5, 5.41) is 15.3. The first-order valence-electron chi connectivity index (χ1n) is 20.9. The molecule has 15 heteroatoms. The summed E-state index contributed by atoms with van der Waals surface area (Å²) in [5.74, 6) is 0.113. The van der Waals surface area contributed by atoms with Gasteiger partial charge in [0.1, 0.15) is 5.52 Å². The quantitative estimate of drug-likeness (QED) is 0.164. The minimum absolute atomic E-state index is 0.0142. The van der Waals surface area contributed by atoms with Crippen molar-refractivity contribution in [1.82, 2.24) is 29.7 Å². The predicted octanol–water partition coefficient (Wildman–Crippen LogP) is 4.85. The van der Waals surface area contributed by atoms with Gasteiger partial charge in [-0.15, -0.1) is 0 Å². The van der Waals surface area contributed by atoms with Crippen LogP contribution in [0.15, 0.2) is 96.1 Å². The lowest BCUT2D eigenvalue weighted by molar-refractivity contribution is -0.120. The molecule has 312 valence electrons. The number of urea groups is 1. The molecule has 3 aromatic heterocycles. The Balaban J connectivity index is 0.879. The number of nitrogens with one attached hydrogen (secondary N) is 2. The highest BCUT2D eigenvalue weighted by molar-refractivity contribution is 6.06. The molecular formula is C46H46N8O7. The molecule has 6 heterocycles. The van der Waals surface area contributed by atoms with E-state index in [1.807, 2.05) is 65.7 Å². The van der Waals surface area contributed by atoms with Crippen molar-refractivity contribution in [1.29, 1.82) is 0 Å². The number of rotatable bonds is 11. The van der Waals surface area contributed by atoms with Crippen molar-refractivity contribution in [2.45, 2.75) is 56.0 Å². The Bertz CT molecular complexity index is 2740. The van der Waals surface area contributed by atoms with Gasteiger partial charge in [0.25, 0.3) is 11.5 Å². The average molecular weight is 823 g/mol. The lowest BCUT2D eigenvalue weighted by Gasteiger charge is -2.43. The number of piperidine rings is 1. The molecule has 4 amide bonds. The van der Waals surface area contributed by atoms with Crippen LogP contribution in [0.1, 0.15) is 53.7 Å². The number of likely N-dealkylation sites (tertiary alicyclic amines) is 1. The van der Waals surface area contributed by atoms with Gasteiger partial charge in [0, 0.05) is 86.2 Å². The molecule has 4 aliphatic rings. The van der Waals surface area contributed by atoms with Crippen molar-refractivity contribution in [3.05, 3.63) is 118 Å². The third-order valence-electron chi connectivity index (χ3n) is 12.3.